The fraction of sp³-hybridized carbons (Fsp3) is 0.588. The van der Waals surface area contributed by atoms with Gasteiger partial charge in [0, 0.05) is 18.0 Å². The molecule has 0 saturated carbocycles. The van der Waals surface area contributed by atoms with Gasteiger partial charge in [0.15, 0.2) is 0 Å². The minimum absolute atomic E-state index is 0.0765. The quantitative estimate of drug-likeness (QED) is 0.864. The number of hydrogen-bond donors (Lipinski definition) is 1. The van der Waals surface area contributed by atoms with Gasteiger partial charge < -0.3 is 10.0 Å². The van der Waals surface area contributed by atoms with Crippen LogP contribution in [-0.2, 0) is 4.79 Å². The highest BCUT2D eigenvalue weighted by Gasteiger charge is 2.22. The molecule has 0 bridgehead atoms. The SMILES string of the molecule is CC(Sc1cccc(C(C)O)c1)C(=O)N1CCCCCC1. The van der Waals surface area contributed by atoms with Gasteiger partial charge in [-0.2, -0.15) is 0 Å². The van der Waals surface area contributed by atoms with Gasteiger partial charge in [0.25, 0.3) is 0 Å². The number of carbonyl (C=O) groups is 1. The summed E-state index contributed by atoms with van der Waals surface area (Å²) >= 11 is 1.58. The number of aliphatic hydroxyl groups excluding tert-OH is 1. The van der Waals surface area contributed by atoms with Crippen molar-refractivity contribution in [3.63, 3.8) is 0 Å². The van der Waals surface area contributed by atoms with E-state index in [4.69, 9.17) is 0 Å². The first-order valence-electron chi connectivity index (χ1n) is 7.81. The Morgan fingerprint density at radius 2 is 1.86 bits per heavy atom. The molecule has 21 heavy (non-hydrogen) atoms. The molecule has 1 saturated heterocycles. The van der Waals surface area contributed by atoms with Gasteiger partial charge in [0.2, 0.25) is 5.91 Å². The first-order chi connectivity index (χ1) is 10.1. The molecule has 2 rings (SSSR count). The van der Waals surface area contributed by atoms with Crippen molar-refractivity contribution in [2.45, 2.75) is 55.8 Å². The monoisotopic (exact) mass is 307 g/mol. The van der Waals surface area contributed by atoms with E-state index in [-0.39, 0.29) is 11.2 Å². The summed E-state index contributed by atoms with van der Waals surface area (Å²) < 4.78 is 0. The van der Waals surface area contributed by atoms with Gasteiger partial charge in [0.05, 0.1) is 11.4 Å². The zero-order chi connectivity index (χ0) is 15.2. The van der Waals surface area contributed by atoms with Gasteiger partial charge in [-0.1, -0.05) is 25.0 Å². The Hall–Kier alpha value is -1.00. The number of carbonyl (C=O) groups excluding carboxylic acids is 1. The van der Waals surface area contributed by atoms with E-state index in [9.17, 15) is 9.90 Å². The number of hydrogen-bond acceptors (Lipinski definition) is 3. The summed E-state index contributed by atoms with van der Waals surface area (Å²) in [6.07, 6.45) is 4.26. The van der Waals surface area contributed by atoms with Crippen LogP contribution in [0.1, 0.15) is 51.2 Å². The molecule has 1 aliphatic heterocycles. The fourth-order valence-electron chi connectivity index (χ4n) is 2.65. The average Bonchev–Trinajstić information content (AvgIpc) is 2.75. The Bertz CT molecular complexity index is 468. The van der Waals surface area contributed by atoms with Gasteiger partial charge in [-0.05, 0) is 44.4 Å². The number of nitrogens with zero attached hydrogens (tertiary/aromatic N) is 1. The molecule has 1 aromatic rings. The Balaban J connectivity index is 1.98. The molecule has 2 atom stereocenters. The molecule has 3 nitrogen and oxygen atoms in total. The molecule has 0 aromatic heterocycles. The minimum atomic E-state index is -0.470. The van der Waals surface area contributed by atoms with Crippen molar-refractivity contribution in [3.05, 3.63) is 29.8 Å². The summed E-state index contributed by atoms with van der Waals surface area (Å²) in [5, 5.41) is 9.57. The largest absolute Gasteiger partial charge is 0.389 e. The Morgan fingerprint density at radius 3 is 2.48 bits per heavy atom. The highest BCUT2D eigenvalue weighted by molar-refractivity contribution is 8.00. The van der Waals surface area contributed by atoms with Crippen LogP contribution in [0, 0.1) is 0 Å². The lowest BCUT2D eigenvalue weighted by atomic mass is 10.1. The lowest BCUT2D eigenvalue weighted by Gasteiger charge is -2.24. The van der Waals surface area contributed by atoms with E-state index in [0.717, 1.165) is 36.4 Å². The van der Waals surface area contributed by atoms with Gasteiger partial charge in [-0.15, -0.1) is 11.8 Å². The highest BCUT2D eigenvalue weighted by atomic mass is 32.2. The van der Waals surface area contributed by atoms with Crippen LogP contribution in [0.2, 0.25) is 0 Å². The van der Waals surface area contributed by atoms with E-state index in [1.54, 1.807) is 18.7 Å². The van der Waals surface area contributed by atoms with Gasteiger partial charge >= 0.3 is 0 Å². The van der Waals surface area contributed by atoms with Gasteiger partial charge in [-0.25, -0.2) is 0 Å². The number of amides is 1. The summed E-state index contributed by atoms with van der Waals surface area (Å²) in [5.41, 5.74) is 0.898. The number of likely N-dealkylation sites (tertiary alicyclic amines) is 1. The van der Waals surface area contributed by atoms with E-state index in [0.29, 0.717) is 0 Å². The van der Waals surface area contributed by atoms with Crippen molar-refractivity contribution in [2.75, 3.05) is 13.1 Å². The van der Waals surface area contributed by atoms with E-state index in [2.05, 4.69) is 0 Å². The zero-order valence-corrected chi connectivity index (χ0v) is 13.7. The Kier molecular flexibility index (Phi) is 6.12. The van der Waals surface area contributed by atoms with Crippen molar-refractivity contribution in [1.29, 1.82) is 0 Å². The molecule has 1 fully saturated rings. The lowest BCUT2D eigenvalue weighted by Crippen LogP contribution is -2.37. The minimum Gasteiger partial charge on any atom is -0.389 e. The summed E-state index contributed by atoms with van der Waals surface area (Å²) in [5.74, 6) is 0.240. The Labute approximate surface area is 131 Å². The van der Waals surface area contributed by atoms with Crippen LogP contribution in [0.15, 0.2) is 29.2 Å². The smallest absolute Gasteiger partial charge is 0.235 e. The molecule has 1 aliphatic rings. The normalized spacial score (nSPS) is 18.9. The summed E-state index contributed by atoms with van der Waals surface area (Å²) in [4.78, 5) is 15.6. The fourth-order valence-corrected chi connectivity index (χ4v) is 3.67. The second-order valence-electron chi connectivity index (χ2n) is 5.75. The number of aliphatic hydroxyl groups is 1. The third-order valence-corrected chi connectivity index (χ3v) is 5.00. The molecule has 1 amide bonds. The predicted molar refractivity (Wildman–Crippen MR) is 87.4 cm³/mol. The molecule has 116 valence electrons. The van der Waals surface area contributed by atoms with Crippen molar-refractivity contribution in [3.8, 4) is 0 Å². The van der Waals surface area contributed by atoms with Crippen LogP contribution in [0.3, 0.4) is 0 Å². The second kappa shape index (κ2) is 7.85. The van der Waals surface area contributed by atoms with E-state index in [1.165, 1.54) is 12.8 Å². The third-order valence-electron chi connectivity index (χ3n) is 3.92. The van der Waals surface area contributed by atoms with Crippen molar-refractivity contribution >= 4 is 17.7 Å². The molecular formula is C17H25NO2S. The number of rotatable bonds is 4. The predicted octanol–water partition coefficient (Wildman–Crippen LogP) is 3.62. The van der Waals surface area contributed by atoms with Crippen LogP contribution < -0.4 is 0 Å². The molecule has 1 aromatic carbocycles. The molecular weight excluding hydrogens is 282 g/mol. The maximum Gasteiger partial charge on any atom is 0.235 e. The topological polar surface area (TPSA) is 40.5 Å². The summed E-state index contributed by atoms with van der Waals surface area (Å²) in [6, 6.07) is 7.83. The first kappa shape index (κ1) is 16.4. The van der Waals surface area contributed by atoms with Crippen molar-refractivity contribution in [1.82, 2.24) is 4.90 Å². The van der Waals surface area contributed by atoms with E-state index in [1.807, 2.05) is 36.1 Å². The van der Waals surface area contributed by atoms with E-state index < -0.39 is 6.10 Å². The molecule has 4 heteroatoms. The summed E-state index contributed by atoms with van der Waals surface area (Å²) in [6.45, 7) is 5.54. The van der Waals surface area contributed by atoms with Crippen LogP contribution in [0.4, 0.5) is 0 Å². The second-order valence-corrected chi connectivity index (χ2v) is 7.16. The highest BCUT2D eigenvalue weighted by Crippen LogP contribution is 2.27. The molecule has 1 heterocycles. The molecule has 0 spiro atoms. The van der Waals surface area contributed by atoms with Crippen LogP contribution in [-0.4, -0.2) is 34.3 Å². The maximum atomic E-state index is 12.5. The number of thioether (sulfide) groups is 1. The van der Waals surface area contributed by atoms with Crippen molar-refractivity contribution in [2.24, 2.45) is 0 Å². The maximum absolute atomic E-state index is 12.5. The summed E-state index contributed by atoms with van der Waals surface area (Å²) in [7, 11) is 0. The first-order valence-corrected chi connectivity index (χ1v) is 8.69. The van der Waals surface area contributed by atoms with Gasteiger partial charge in [-0.3, -0.25) is 4.79 Å². The average molecular weight is 307 g/mol. The standard InChI is InChI=1S/C17H25NO2S/c1-13(19)15-8-7-9-16(12-15)21-14(2)17(20)18-10-5-3-4-6-11-18/h7-9,12-14,19H,3-6,10-11H2,1-2H3. The van der Waals surface area contributed by atoms with Crippen LogP contribution >= 0.6 is 11.8 Å². The van der Waals surface area contributed by atoms with Gasteiger partial charge in [0.1, 0.15) is 0 Å². The lowest BCUT2D eigenvalue weighted by molar-refractivity contribution is -0.130. The van der Waals surface area contributed by atoms with Crippen molar-refractivity contribution < 1.29 is 9.90 Å². The molecule has 1 N–H and O–H groups in total. The van der Waals surface area contributed by atoms with Crippen LogP contribution in [0.5, 0.6) is 0 Å². The zero-order valence-electron chi connectivity index (χ0n) is 12.9. The molecule has 0 radical (unpaired) electrons. The third kappa shape index (κ3) is 4.75. The van der Waals surface area contributed by atoms with E-state index >= 15 is 0 Å². The van der Waals surface area contributed by atoms with Crippen LogP contribution in [0.25, 0.3) is 0 Å². The molecule has 2 unspecified atom stereocenters. The Morgan fingerprint density at radius 1 is 1.19 bits per heavy atom. The number of benzene rings is 1. The molecule has 0 aliphatic carbocycles.